The van der Waals surface area contributed by atoms with E-state index >= 15 is 0 Å². The molecule has 146 valence electrons. The van der Waals surface area contributed by atoms with Gasteiger partial charge < -0.3 is 15.5 Å². The van der Waals surface area contributed by atoms with Crippen LogP contribution < -0.4 is 10.6 Å². The van der Waals surface area contributed by atoms with E-state index in [2.05, 4.69) is 39.2 Å². The van der Waals surface area contributed by atoms with Crippen molar-refractivity contribution < 1.29 is 4.79 Å². The summed E-state index contributed by atoms with van der Waals surface area (Å²) in [5.41, 5.74) is 0. The molecular formula is C18H35IN4OS. The van der Waals surface area contributed by atoms with E-state index in [9.17, 15) is 4.79 Å². The van der Waals surface area contributed by atoms with Gasteiger partial charge in [0, 0.05) is 49.6 Å². The van der Waals surface area contributed by atoms with Crippen LogP contribution in [-0.2, 0) is 4.79 Å². The topological polar surface area (TPSA) is 56.7 Å². The SMILES string of the molecule is CCC(C)NC(=O)CCNC(=NC)N1CCSC2(CCCCC2)C1.I. The van der Waals surface area contributed by atoms with Gasteiger partial charge in [0.1, 0.15) is 0 Å². The van der Waals surface area contributed by atoms with Crippen molar-refractivity contribution in [1.29, 1.82) is 0 Å². The highest BCUT2D eigenvalue weighted by Crippen LogP contribution is 2.42. The molecule has 1 heterocycles. The van der Waals surface area contributed by atoms with Crippen LogP contribution in [0.3, 0.4) is 0 Å². The predicted molar refractivity (Wildman–Crippen MR) is 119 cm³/mol. The van der Waals surface area contributed by atoms with Gasteiger partial charge in [-0.1, -0.05) is 26.2 Å². The highest BCUT2D eigenvalue weighted by Gasteiger charge is 2.38. The van der Waals surface area contributed by atoms with Crippen molar-refractivity contribution in [2.24, 2.45) is 4.99 Å². The van der Waals surface area contributed by atoms with E-state index in [1.807, 2.05) is 14.0 Å². The van der Waals surface area contributed by atoms with Gasteiger partial charge in [-0.05, 0) is 26.2 Å². The number of carbonyl (C=O) groups is 1. The van der Waals surface area contributed by atoms with Crippen LogP contribution in [-0.4, -0.2) is 60.0 Å². The second-order valence-corrected chi connectivity index (χ2v) is 8.68. The maximum absolute atomic E-state index is 11.9. The van der Waals surface area contributed by atoms with Gasteiger partial charge in [-0.2, -0.15) is 11.8 Å². The first-order valence-corrected chi connectivity index (χ1v) is 10.5. The molecule has 0 bridgehead atoms. The summed E-state index contributed by atoms with van der Waals surface area (Å²) in [5, 5.41) is 6.40. The molecule has 1 unspecified atom stereocenters. The Morgan fingerprint density at radius 2 is 2.04 bits per heavy atom. The smallest absolute Gasteiger partial charge is 0.221 e. The van der Waals surface area contributed by atoms with Gasteiger partial charge in [0.15, 0.2) is 5.96 Å². The first kappa shape index (κ1) is 22.9. The fourth-order valence-corrected chi connectivity index (χ4v) is 5.16. The third kappa shape index (κ3) is 7.15. The van der Waals surface area contributed by atoms with E-state index < -0.39 is 0 Å². The number of thioether (sulfide) groups is 1. The number of rotatable bonds is 5. The van der Waals surface area contributed by atoms with Crippen LogP contribution in [0.25, 0.3) is 0 Å². The average Bonchev–Trinajstić information content (AvgIpc) is 2.59. The van der Waals surface area contributed by atoms with Crippen molar-refractivity contribution in [3.8, 4) is 0 Å². The highest BCUT2D eigenvalue weighted by molar-refractivity contribution is 14.0. The van der Waals surface area contributed by atoms with Crippen LogP contribution in [0.2, 0.25) is 0 Å². The van der Waals surface area contributed by atoms with E-state index in [0.29, 0.717) is 17.7 Å². The molecule has 1 atom stereocenters. The summed E-state index contributed by atoms with van der Waals surface area (Å²) in [6.45, 7) is 6.91. The Hall–Kier alpha value is -0.180. The van der Waals surface area contributed by atoms with E-state index in [1.165, 1.54) is 37.9 Å². The molecule has 25 heavy (non-hydrogen) atoms. The van der Waals surface area contributed by atoms with E-state index in [-0.39, 0.29) is 35.9 Å². The number of hydrogen-bond donors (Lipinski definition) is 2. The molecule has 1 amide bonds. The summed E-state index contributed by atoms with van der Waals surface area (Å²) in [6, 6.07) is 0.252. The molecule has 0 aromatic carbocycles. The zero-order valence-corrected chi connectivity index (χ0v) is 19.1. The lowest BCUT2D eigenvalue weighted by Gasteiger charge is -2.45. The molecule has 2 fully saturated rings. The molecule has 0 aromatic rings. The molecule has 1 saturated heterocycles. The fourth-order valence-electron chi connectivity index (χ4n) is 3.59. The Balaban J connectivity index is 0.00000312. The van der Waals surface area contributed by atoms with E-state index in [0.717, 1.165) is 25.5 Å². The second kappa shape index (κ2) is 11.5. The first-order chi connectivity index (χ1) is 11.6. The number of aliphatic imine (C=N–C) groups is 1. The molecule has 2 aliphatic rings. The van der Waals surface area contributed by atoms with Crippen LogP contribution >= 0.6 is 35.7 Å². The molecule has 1 aliphatic carbocycles. The number of guanidine groups is 1. The Morgan fingerprint density at radius 3 is 2.68 bits per heavy atom. The average molecular weight is 482 g/mol. The summed E-state index contributed by atoms with van der Waals surface area (Å²) >= 11 is 2.17. The lowest BCUT2D eigenvalue weighted by atomic mass is 9.87. The van der Waals surface area contributed by atoms with Crippen LogP contribution in [0, 0.1) is 0 Å². The minimum atomic E-state index is 0. The minimum Gasteiger partial charge on any atom is -0.356 e. The molecule has 2 rings (SSSR count). The Bertz CT molecular complexity index is 435. The van der Waals surface area contributed by atoms with Gasteiger partial charge in [0.25, 0.3) is 0 Å². The zero-order chi connectivity index (χ0) is 17.4. The molecular weight excluding hydrogens is 447 g/mol. The van der Waals surface area contributed by atoms with Gasteiger partial charge in [0.05, 0.1) is 0 Å². The number of nitrogens with one attached hydrogen (secondary N) is 2. The van der Waals surface area contributed by atoms with Gasteiger partial charge in [0.2, 0.25) is 5.91 Å². The molecule has 0 radical (unpaired) electrons. The number of hydrogen-bond acceptors (Lipinski definition) is 3. The van der Waals surface area contributed by atoms with Crippen LogP contribution in [0.1, 0.15) is 58.8 Å². The van der Waals surface area contributed by atoms with Gasteiger partial charge in [-0.15, -0.1) is 24.0 Å². The Morgan fingerprint density at radius 1 is 1.32 bits per heavy atom. The summed E-state index contributed by atoms with van der Waals surface area (Å²) in [5.74, 6) is 2.25. The normalized spacial score (nSPS) is 21.4. The molecule has 5 nitrogen and oxygen atoms in total. The number of carbonyl (C=O) groups excluding carboxylic acids is 1. The predicted octanol–water partition coefficient (Wildman–Crippen LogP) is 3.24. The van der Waals surface area contributed by atoms with Crippen molar-refractivity contribution in [2.75, 3.05) is 32.4 Å². The van der Waals surface area contributed by atoms with Crippen LogP contribution in [0.15, 0.2) is 4.99 Å². The fraction of sp³-hybridized carbons (Fsp3) is 0.889. The van der Waals surface area contributed by atoms with Crippen molar-refractivity contribution in [1.82, 2.24) is 15.5 Å². The molecule has 2 N–H and O–H groups in total. The summed E-state index contributed by atoms with van der Waals surface area (Å²) in [4.78, 5) is 18.7. The van der Waals surface area contributed by atoms with Crippen LogP contribution in [0.4, 0.5) is 0 Å². The minimum absolute atomic E-state index is 0. The third-order valence-electron chi connectivity index (χ3n) is 5.18. The van der Waals surface area contributed by atoms with Crippen molar-refractivity contribution in [2.45, 2.75) is 69.6 Å². The first-order valence-electron chi connectivity index (χ1n) is 9.47. The van der Waals surface area contributed by atoms with Crippen LogP contribution in [0.5, 0.6) is 0 Å². The molecule has 7 heteroatoms. The second-order valence-electron chi connectivity index (χ2n) is 7.11. The molecule has 1 saturated carbocycles. The number of halogens is 1. The standard InChI is InChI=1S/C18H34N4OS.HI/c1-4-15(2)21-16(23)8-11-20-17(19-3)22-12-13-24-18(14-22)9-6-5-7-10-18;/h15H,4-14H2,1-3H3,(H,19,20)(H,21,23);1H. The summed E-state index contributed by atoms with van der Waals surface area (Å²) in [6.07, 6.45) is 8.25. The lowest BCUT2D eigenvalue weighted by molar-refractivity contribution is -0.121. The molecule has 1 aliphatic heterocycles. The molecule has 1 spiro atoms. The quantitative estimate of drug-likeness (QED) is 0.359. The third-order valence-corrected chi connectivity index (χ3v) is 6.72. The van der Waals surface area contributed by atoms with Crippen molar-refractivity contribution in [3.05, 3.63) is 0 Å². The maximum atomic E-state index is 11.9. The Kier molecular flexibility index (Phi) is 10.5. The van der Waals surface area contributed by atoms with Crippen molar-refractivity contribution in [3.63, 3.8) is 0 Å². The maximum Gasteiger partial charge on any atom is 0.221 e. The number of amides is 1. The van der Waals surface area contributed by atoms with Gasteiger partial charge in [-0.3, -0.25) is 9.79 Å². The van der Waals surface area contributed by atoms with Gasteiger partial charge >= 0.3 is 0 Å². The number of nitrogens with zero attached hydrogens (tertiary/aromatic N) is 2. The lowest BCUT2D eigenvalue weighted by Crippen LogP contribution is -2.53. The van der Waals surface area contributed by atoms with E-state index in [1.54, 1.807) is 0 Å². The monoisotopic (exact) mass is 482 g/mol. The van der Waals surface area contributed by atoms with Gasteiger partial charge in [-0.25, -0.2) is 0 Å². The van der Waals surface area contributed by atoms with E-state index in [4.69, 9.17) is 0 Å². The summed E-state index contributed by atoms with van der Waals surface area (Å²) < 4.78 is 0.433. The summed E-state index contributed by atoms with van der Waals surface area (Å²) in [7, 11) is 1.84. The largest absolute Gasteiger partial charge is 0.356 e. The van der Waals surface area contributed by atoms with Crippen molar-refractivity contribution >= 4 is 47.6 Å². The zero-order valence-electron chi connectivity index (χ0n) is 16.0. The molecule has 0 aromatic heterocycles. The Labute approximate surface area is 174 Å². The highest BCUT2D eigenvalue weighted by atomic mass is 127.